The Labute approximate surface area is 104 Å². The van der Waals surface area contributed by atoms with Crippen LogP contribution in [-0.4, -0.2) is 12.6 Å². The normalized spacial score (nSPS) is 24.2. The molecule has 1 aliphatic carbocycles. The summed E-state index contributed by atoms with van der Waals surface area (Å²) in [7, 11) is 0. The summed E-state index contributed by atoms with van der Waals surface area (Å²) in [6.07, 6.45) is 4.74. The fraction of sp³-hybridized carbons (Fsp3) is 0.467. The maximum Gasteiger partial charge on any atom is 0.0994 e. The van der Waals surface area contributed by atoms with Crippen molar-refractivity contribution in [3.63, 3.8) is 0 Å². The maximum atomic E-state index is 9.11. The SMILES string of the molecule is [CH2]CNC1CCC(c2ccccc2C#N)CC1. The molecule has 1 saturated carbocycles. The minimum absolute atomic E-state index is 0.564. The molecule has 0 bridgehead atoms. The number of nitrogens with one attached hydrogen (secondary N) is 1. The van der Waals surface area contributed by atoms with Crippen molar-refractivity contribution in [1.82, 2.24) is 5.32 Å². The largest absolute Gasteiger partial charge is 0.314 e. The average Bonchev–Trinajstić information content (AvgIpc) is 2.40. The van der Waals surface area contributed by atoms with Crippen LogP contribution >= 0.6 is 0 Å². The van der Waals surface area contributed by atoms with Gasteiger partial charge in [-0.15, -0.1) is 0 Å². The topological polar surface area (TPSA) is 35.8 Å². The van der Waals surface area contributed by atoms with Gasteiger partial charge in [0.1, 0.15) is 0 Å². The smallest absolute Gasteiger partial charge is 0.0994 e. The molecule has 17 heavy (non-hydrogen) atoms. The molecule has 0 aliphatic heterocycles. The Morgan fingerprint density at radius 1 is 1.24 bits per heavy atom. The molecule has 1 aromatic carbocycles. The Kier molecular flexibility index (Phi) is 4.17. The fourth-order valence-corrected chi connectivity index (χ4v) is 2.77. The van der Waals surface area contributed by atoms with Crippen LogP contribution in [0.5, 0.6) is 0 Å². The van der Waals surface area contributed by atoms with Crippen LogP contribution in [0.1, 0.15) is 42.7 Å². The highest BCUT2D eigenvalue weighted by molar-refractivity contribution is 5.39. The van der Waals surface area contributed by atoms with E-state index in [4.69, 9.17) is 5.26 Å². The predicted octanol–water partition coefficient (Wildman–Crippen LogP) is 3.01. The second-order valence-corrected chi connectivity index (χ2v) is 4.70. The summed E-state index contributed by atoms with van der Waals surface area (Å²) in [4.78, 5) is 0. The van der Waals surface area contributed by atoms with Gasteiger partial charge in [-0.25, -0.2) is 0 Å². The molecule has 1 aliphatic rings. The third-order valence-electron chi connectivity index (χ3n) is 3.68. The van der Waals surface area contributed by atoms with Crippen molar-refractivity contribution >= 4 is 0 Å². The molecule has 0 amide bonds. The van der Waals surface area contributed by atoms with Gasteiger partial charge in [-0.05, 0) is 56.7 Å². The molecule has 0 atom stereocenters. The van der Waals surface area contributed by atoms with Gasteiger partial charge in [-0.3, -0.25) is 0 Å². The summed E-state index contributed by atoms with van der Waals surface area (Å²) in [5.74, 6) is 0.564. The zero-order valence-corrected chi connectivity index (χ0v) is 10.2. The lowest BCUT2D eigenvalue weighted by molar-refractivity contribution is 0.351. The van der Waals surface area contributed by atoms with E-state index in [1.54, 1.807) is 0 Å². The van der Waals surface area contributed by atoms with Crippen molar-refractivity contribution in [2.75, 3.05) is 6.54 Å². The van der Waals surface area contributed by atoms with Gasteiger partial charge in [0.25, 0.3) is 0 Å². The van der Waals surface area contributed by atoms with Crippen LogP contribution in [0.3, 0.4) is 0 Å². The first-order valence-electron chi connectivity index (χ1n) is 6.36. The van der Waals surface area contributed by atoms with Crippen molar-refractivity contribution in [1.29, 1.82) is 5.26 Å². The summed E-state index contributed by atoms with van der Waals surface area (Å²) in [5, 5.41) is 12.5. The Bertz CT molecular complexity index is 398. The summed E-state index contributed by atoms with van der Waals surface area (Å²) in [6.45, 7) is 4.64. The second-order valence-electron chi connectivity index (χ2n) is 4.70. The van der Waals surface area contributed by atoms with E-state index >= 15 is 0 Å². The van der Waals surface area contributed by atoms with Gasteiger partial charge in [0.15, 0.2) is 0 Å². The Morgan fingerprint density at radius 2 is 1.94 bits per heavy atom. The molecular formula is C15H19N2. The van der Waals surface area contributed by atoms with Gasteiger partial charge in [0.2, 0.25) is 0 Å². The molecule has 1 radical (unpaired) electrons. The molecule has 1 fully saturated rings. The lowest BCUT2D eigenvalue weighted by Gasteiger charge is -2.29. The van der Waals surface area contributed by atoms with Crippen LogP contribution < -0.4 is 5.32 Å². The number of hydrogen-bond donors (Lipinski definition) is 1. The number of nitriles is 1. The molecular weight excluding hydrogens is 208 g/mol. The molecule has 1 aromatic rings. The average molecular weight is 227 g/mol. The summed E-state index contributed by atoms with van der Waals surface area (Å²) in [5.41, 5.74) is 2.09. The first-order valence-corrected chi connectivity index (χ1v) is 6.36. The molecule has 0 spiro atoms. The van der Waals surface area contributed by atoms with E-state index in [9.17, 15) is 0 Å². The Balaban J connectivity index is 2.03. The molecule has 1 N–H and O–H groups in total. The van der Waals surface area contributed by atoms with E-state index in [0.29, 0.717) is 12.0 Å². The summed E-state index contributed by atoms with van der Waals surface area (Å²) >= 11 is 0. The molecule has 2 nitrogen and oxygen atoms in total. The quantitative estimate of drug-likeness (QED) is 0.861. The first-order chi connectivity index (χ1) is 8.35. The second kappa shape index (κ2) is 5.84. The number of benzene rings is 1. The van der Waals surface area contributed by atoms with E-state index in [-0.39, 0.29) is 0 Å². The van der Waals surface area contributed by atoms with E-state index in [1.807, 2.05) is 18.2 Å². The molecule has 0 saturated heterocycles. The maximum absolute atomic E-state index is 9.11. The van der Waals surface area contributed by atoms with Gasteiger partial charge >= 0.3 is 0 Å². The summed E-state index contributed by atoms with van der Waals surface area (Å²) < 4.78 is 0. The molecule has 2 rings (SSSR count). The third kappa shape index (κ3) is 2.87. The number of rotatable bonds is 3. The minimum atomic E-state index is 0.564. The van der Waals surface area contributed by atoms with Crippen LogP contribution in [0.15, 0.2) is 24.3 Å². The monoisotopic (exact) mass is 227 g/mol. The van der Waals surface area contributed by atoms with E-state index in [2.05, 4.69) is 24.4 Å². The van der Waals surface area contributed by atoms with Crippen LogP contribution in [0.2, 0.25) is 0 Å². The molecule has 0 heterocycles. The Morgan fingerprint density at radius 3 is 2.59 bits per heavy atom. The summed E-state index contributed by atoms with van der Waals surface area (Å²) in [6, 6.07) is 10.9. The van der Waals surface area contributed by atoms with Crippen molar-refractivity contribution in [2.24, 2.45) is 0 Å². The highest BCUT2D eigenvalue weighted by Crippen LogP contribution is 2.34. The zero-order chi connectivity index (χ0) is 12.1. The van der Waals surface area contributed by atoms with Crippen LogP contribution in [0.4, 0.5) is 0 Å². The molecule has 89 valence electrons. The number of hydrogen-bond acceptors (Lipinski definition) is 2. The number of nitrogens with zero attached hydrogens (tertiary/aromatic N) is 1. The van der Waals surface area contributed by atoms with Gasteiger partial charge in [0, 0.05) is 6.04 Å². The van der Waals surface area contributed by atoms with Crippen LogP contribution in [-0.2, 0) is 0 Å². The van der Waals surface area contributed by atoms with Gasteiger partial charge < -0.3 is 5.32 Å². The third-order valence-corrected chi connectivity index (χ3v) is 3.68. The van der Waals surface area contributed by atoms with Crippen LogP contribution in [0.25, 0.3) is 0 Å². The first kappa shape index (κ1) is 12.1. The van der Waals surface area contributed by atoms with Gasteiger partial charge in [0.05, 0.1) is 11.6 Å². The van der Waals surface area contributed by atoms with E-state index < -0.39 is 0 Å². The van der Waals surface area contributed by atoms with Crippen molar-refractivity contribution < 1.29 is 0 Å². The molecule has 0 unspecified atom stereocenters. The molecule has 0 aromatic heterocycles. The van der Waals surface area contributed by atoms with E-state index in [1.165, 1.54) is 31.2 Å². The highest BCUT2D eigenvalue weighted by atomic mass is 14.9. The highest BCUT2D eigenvalue weighted by Gasteiger charge is 2.23. The van der Waals surface area contributed by atoms with Crippen molar-refractivity contribution in [3.05, 3.63) is 42.3 Å². The lowest BCUT2D eigenvalue weighted by atomic mass is 9.80. The lowest BCUT2D eigenvalue weighted by Crippen LogP contribution is -2.32. The van der Waals surface area contributed by atoms with Crippen molar-refractivity contribution in [3.8, 4) is 6.07 Å². The standard InChI is InChI=1S/C15H19N2/c1-2-17-14-9-7-12(8-10-14)15-6-4-3-5-13(15)11-16/h3-6,12,14,17H,1-2,7-10H2. The zero-order valence-electron chi connectivity index (χ0n) is 10.2. The Hall–Kier alpha value is -1.33. The van der Waals surface area contributed by atoms with E-state index in [0.717, 1.165) is 12.1 Å². The van der Waals surface area contributed by atoms with Crippen LogP contribution in [0, 0.1) is 18.3 Å². The van der Waals surface area contributed by atoms with Gasteiger partial charge in [-0.1, -0.05) is 18.2 Å². The van der Waals surface area contributed by atoms with Gasteiger partial charge in [-0.2, -0.15) is 5.26 Å². The molecule has 2 heteroatoms. The predicted molar refractivity (Wildman–Crippen MR) is 69.5 cm³/mol. The fourth-order valence-electron chi connectivity index (χ4n) is 2.77. The van der Waals surface area contributed by atoms with Crippen molar-refractivity contribution in [2.45, 2.75) is 37.6 Å². The minimum Gasteiger partial charge on any atom is -0.314 e.